The van der Waals surface area contributed by atoms with E-state index in [-0.39, 0.29) is 0 Å². The predicted molar refractivity (Wildman–Crippen MR) is 197 cm³/mol. The second kappa shape index (κ2) is 10.9. The fraction of sp³-hybridized carbons (Fsp3) is 0. The van der Waals surface area contributed by atoms with Crippen LogP contribution < -0.4 is 9.64 Å². The summed E-state index contributed by atoms with van der Waals surface area (Å²) >= 11 is 0. The lowest BCUT2D eigenvalue weighted by Crippen LogP contribution is -2.15. The Morgan fingerprint density at radius 2 is 1.20 bits per heavy atom. The minimum atomic E-state index is 0.786. The number of aromatic nitrogens is 4. The first-order valence-electron chi connectivity index (χ1n) is 16.3. The van der Waals surface area contributed by atoms with Crippen molar-refractivity contribution < 1.29 is 4.74 Å². The number of para-hydroxylation sites is 5. The molecular formula is C43H27N5O. The normalized spacial score (nSPS) is 12.2. The van der Waals surface area contributed by atoms with Crippen LogP contribution in [0.2, 0.25) is 0 Å². The third-order valence-electron chi connectivity index (χ3n) is 9.21. The summed E-state index contributed by atoms with van der Waals surface area (Å²) in [5.74, 6) is 2.48. The van der Waals surface area contributed by atoms with Crippen LogP contribution >= 0.6 is 0 Å². The Morgan fingerprint density at radius 1 is 0.531 bits per heavy atom. The van der Waals surface area contributed by atoms with Gasteiger partial charge in [-0.1, -0.05) is 84.9 Å². The van der Waals surface area contributed by atoms with E-state index in [1.807, 2.05) is 79.0 Å². The molecule has 9 aromatic rings. The molecule has 0 atom stereocenters. The Kier molecular flexibility index (Phi) is 6.08. The summed E-state index contributed by atoms with van der Waals surface area (Å²) in [7, 11) is 0. The molecule has 0 saturated carbocycles. The number of hydrogen-bond acceptors (Lipinski definition) is 5. The smallest absolute Gasteiger partial charge is 0.151 e. The van der Waals surface area contributed by atoms with Gasteiger partial charge in [0, 0.05) is 28.5 Å². The second-order valence-electron chi connectivity index (χ2n) is 12.1. The fourth-order valence-corrected chi connectivity index (χ4v) is 6.96. The molecule has 1 aliphatic rings. The van der Waals surface area contributed by atoms with Crippen molar-refractivity contribution >= 4 is 49.8 Å². The van der Waals surface area contributed by atoms with E-state index in [4.69, 9.17) is 19.7 Å². The molecule has 0 bridgehead atoms. The van der Waals surface area contributed by atoms with E-state index >= 15 is 0 Å². The van der Waals surface area contributed by atoms with E-state index in [1.165, 1.54) is 5.39 Å². The van der Waals surface area contributed by atoms with E-state index in [0.29, 0.717) is 0 Å². The molecule has 4 heterocycles. The zero-order valence-electron chi connectivity index (χ0n) is 26.2. The van der Waals surface area contributed by atoms with Gasteiger partial charge >= 0.3 is 0 Å². The molecule has 10 rings (SSSR count). The molecule has 6 aromatic carbocycles. The van der Waals surface area contributed by atoms with Crippen LogP contribution in [0.15, 0.2) is 164 Å². The van der Waals surface area contributed by atoms with Crippen molar-refractivity contribution in [2.75, 3.05) is 4.90 Å². The first-order chi connectivity index (χ1) is 24.3. The number of anilines is 3. The number of nitrogens with zero attached hydrogens (tertiary/aromatic N) is 5. The van der Waals surface area contributed by atoms with Gasteiger partial charge in [0.1, 0.15) is 22.6 Å². The Balaban J connectivity index is 1.24. The highest BCUT2D eigenvalue weighted by Crippen LogP contribution is 2.50. The number of rotatable bonds is 4. The van der Waals surface area contributed by atoms with Crippen molar-refractivity contribution in [2.45, 2.75) is 0 Å². The quantitative estimate of drug-likeness (QED) is 0.194. The Bertz CT molecular complexity index is 2650. The van der Waals surface area contributed by atoms with Gasteiger partial charge in [-0.15, -0.1) is 0 Å². The molecule has 1 aliphatic heterocycles. The number of benzene rings is 6. The number of hydrogen-bond donors (Lipinski definition) is 0. The Labute approximate surface area is 282 Å². The van der Waals surface area contributed by atoms with Crippen LogP contribution in [0.4, 0.5) is 17.1 Å². The van der Waals surface area contributed by atoms with Crippen LogP contribution in [-0.4, -0.2) is 19.5 Å². The SMILES string of the molecule is c1ccc(-c2nc3ccccc3c3nc(-c4ccc5ccccc5c4)n(-c4ccc(N5c6ccccc6Oc6ccccc65)cc4)c23)nc1. The van der Waals surface area contributed by atoms with Gasteiger partial charge in [0.25, 0.3) is 0 Å². The molecule has 0 spiro atoms. The van der Waals surface area contributed by atoms with Crippen LogP contribution in [0.3, 0.4) is 0 Å². The first kappa shape index (κ1) is 27.3. The molecule has 0 saturated heterocycles. The summed E-state index contributed by atoms with van der Waals surface area (Å²) in [4.78, 5) is 17.6. The molecule has 230 valence electrons. The van der Waals surface area contributed by atoms with Gasteiger partial charge in [-0.2, -0.15) is 0 Å². The molecule has 0 N–H and O–H groups in total. The molecule has 0 amide bonds. The summed E-state index contributed by atoms with van der Waals surface area (Å²) in [5, 5.41) is 3.34. The zero-order valence-corrected chi connectivity index (χ0v) is 26.2. The third-order valence-corrected chi connectivity index (χ3v) is 9.21. The van der Waals surface area contributed by atoms with Gasteiger partial charge in [0.2, 0.25) is 0 Å². The molecule has 0 unspecified atom stereocenters. The van der Waals surface area contributed by atoms with Crippen molar-refractivity contribution in [1.29, 1.82) is 0 Å². The van der Waals surface area contributed by atoms with Crippen molar-refractivity contribution in [1.82, 2.24) is 19.5 Å². The minimum absolute atomic E-state index is 0.786. The fourth-order valence-electron chi connectivity index (χ4n) is 6.96. The standard InChI is InChI=1S/C43H27N5O/c1-2-12-29-27-30(21-20-28(29)11-1)43-46-40-33-13-3-4-14-34(33)45-41(35-15-9-10-26-44-35)42(40)48(43)32-24-22-31(23-25-32)47-36-16-5-7-18-38(36)49-39-19-8-6-17-37(39)47/h1-27H. The van der Waals surface area contributed by atoms with Crippen LogP contribution in [0.25, 0.3) is 61.2 Å². The van der Waals surface area contributed by atoms with Crippen LogP contribution in [0, 0.1) is 0 Å². The summed E-state index contributed by atoms with van der Waals surface area (Å²) in [6.07, 6.45) is 1.82. The summed E-state index contributed by atoms with van der Waals surface area (Å²) in [6, 6.07) is 54.1. The summed E-state index contributed by atoms with van der Waals surface area (Å²) in [5.41, 5.74) is 9.26. The second-order valence-corrected chi connectivity index (χ2v) is 12.1. The van der Waals surface area contributed by atoms with E-state index in [2.05, 4.69) is 94.4 Å². The number of imidazole rings is 1. The van der Waals surface area contributed by atoms with E-state index in [1.54, 1.807) is 0 Å². The summed E-state index contributed by atoms with van der Waals surface area (Å²) in [6.45, 7) is 0. The van der Waals surface area contributed by atoms with Gasteiger partial charge in [-0.05, 0) is 83.6 Å². The first-order valence-corrected chi connectivity index (χ1v) is 16.3. The molecule has 0 fully saturated rings. The maximum absolute atomic E-state index is 6.28. The number of ether oxygens (including phenoxy) is 1. The Hall–Kier alpha value is -6.79. The molecule has 0 radical (unpaired) electrons. The van der Waals surface area contributed by atoms with Crippen LogP contribution in [-0.2, 0) is 0 Å². The lowest BCUT2D eigenvalue weighted by atomic mass is 10.1. The minimum Gasteiger partial charge on any atom is -0.453 e. The van der Waals surface area contributed by atoms with E-state index < -0.39 is 0 Å². The largest absolute Gasteiger partial charge is 0.453 e. The maximum Gasteiger partial charge on any atom is 0.151 e. The zero-order chi connectivity index (χ0) is 32.3. The molecule has 6 heteroatoms. The van der Waals surface area contributed by atoms with Gasteiger partial charge in [0.15, 0.2) is 11.5 Å². The van der Waals surface area contributed by atoms with Gasteiger partial charge < -0.3 is 9.64 Å². The number of fused-ring (bicyclic) bond motifs is 6. The topological polar surface area (TPSA) is 56.1 Å². The van der Waals surface area contributed by atoms with E-state index in [9.17, 15) is 0 Å². The average Bonchev–Trinajstić information content (AvgIpc) is 3.58. The average molecular weight is 630 g/mol. The van der Waals surface area contributed by atoms with E-state index in [0.717, 1.165) is 84.3 Å². The molecule has 3 aromatic heterocycles. The van der Waals surface area contributed by atoms with Gasteiger partial charge in [-0.3, -0.25) is 9.55 Å². The molecule has 0 aliphatic carbocycles. The number of pyridine rings is 2. The van der Waals surface area contributed by atoms with Crippen LogP contribution in [0.5, 0.6) is 11.5 Å². The summed E-state index contributed by atoms with van der Waals surface area (Å²) < 4.78 is 8.52. The monoisotopic (exact) mass is 629 g/mol. The maximum atomic E-state index is 6.28. The van der Waals surface area contributed by atoms with Crippen LogP contribution in [0.1, 0.15) is 0 Å². The molecule has 49 heavy (non-hydrogen) atoms. The lowest BCUT2D eigenvalue weighted by Gasteiger charge is -2.32. The van der Waals surface area contributed by atoms with Crippen molar-refractivity contribution in [3.8, 4) is 40.0 Å². The highest BCUT2D eigenvalue weighted by molar-refractivity contribution is 6.09. The van der Waals surface area contributed by atoms with Crippen molar-refractivity contribution in [3.05, 3.63) is 164 Å². The van der Waals surface area contributed by atoms with Crippen molar-refractivity contribution in [2.24, 2.45) is 0 Å². The van der Waals surface area contributed by atoms with Gasteiger partial charge in [-0.25, -0.2) is 9.97 Å². The third kappa shape index (κ3) is 4.38. The molecule has 6 nitrogen and oxygen atoms in total. The van der Waals surface area contributed by atoms with Crippen molar-refractivity contribution in [3.63, 3.8) is 0 Å². The highest BCUT2D eigenvalue weighted by Gasteiger charge is 2.26. The lowest BCUT2D eigenvalue weighted by molar-refractivity contribution is 0.477. The molecular weight excluding hydrogens is 603 g/mol. The Morgan fingerprint density at radius 3 is 1.98 bits per heavy atom. The van der Waals surface area contributed by atoms with Gasteiger partial charge in [0.05, 0.1) is 22.6 Å². The highest BCUT2D eigenvalue weighted by atomic mass is 16.5. The predicted octanol–water partition coefficient (Wildman–Crippen LogP) is 11.0.